The second-order valence-corrected chi connectivity index (χ2v) is 6.18. The zero-order valence-electron chi connectivity index (χ0n) is 15.4. The van der Waals surface area contributed by atoms with Crippen molar-refractivity contribution in [1.29, 1.82) is 0 Å². The highest BCUT2D eigenvalue weighted by Gasteiger charge is 2.23. The van der Waals surface area contributed by atoms with Gasteiger partial charge in [-0.3, -0.25) is 9.48 Å². The maximum atomic E-state index is 12.7. The molecular weight excluding hydrogens is 352 g/mol. The van der Waals surface area contributed by atoms with E-state index in [4.69, 9.17) is 14.0 Å². The van der Waals surface area contributed by atoms with E-state index < -0.39 is 5.97 Å². The van der Waals surface area contributed by atoms with Gasteiger partial charge < -0.3 is 19.3 Å². The third-order valence-corrected chi connectivity index (χ3v) is 4.32. The van der Waals surface area contributed by atoms with Crippen LogP contribution in [0, 0.1) is 0 Å². The van der Waals surface area contributed by atoms with Gasteiger partial charge in [-0.15, -0.1) is 0 Å². The number of carbonyl (C=O) groups is 2. The van der Waals surface area contributed by atoms with E-state index in [9.17, 15) is 9.59 Å². The summed E-state index contributed by atoms with van der Waals surface area (Å²) in [5, 5.41) is 11.0. The van der Waals surface area contributed by atoms with Crippen LogP contribution in [0.5, 0.6) is 0 Å². The first-order valence-corrected chi connectivity index (χ1v) is 9.23. The highest BCUT2D eigenvalue weighted by molar-refractivity contribution is 5.96. The minimum absolute atomic E-state index is 0.0561. The van der Waals surface area contributed by atoms with Crippen molar-refractivity contribution in [3.8, 4) is 0 Å². The van der Waals surface area contributed by atoms with Crippen molar-refractivity contribution in [3.05, 3.63) is 35.0 Å². The molecule has 0 radical (unpaired) electrons. The Bertz CT molecular complexity index is 769. The number of nitrogens with zero attached hydrogens (tertiary/aromatic N) is 3. The average Bonchev–Trinajstić information content (AvgIpc) is 3.31. The molecule has 9 heteroatoms. The number of nitrogens with one attached hydrogen (secondary N) is 1. The predicted octanol–water partition coefficient (Wildman–Crippen LogP) is 1.37. The maximum Gasteiger partial charge on any atom is 0.377 e. The fourth-order valence-electron chi connectivity index (χ4n) is 3.03. The van der Waals surface area contributed by atoms with Crippen LogP contribution in [0.1, 0.15) is 52.1 Å². The van der Waals surface area contributed by atoms with Crippen molar-refractivity contribution in [2.75, 3.05) is 26.4 Å². The quantitative estimate of drug-likeness (QED) is 0.785. The van der Waals surface area contributed by atoms with Gasteiger partial charge in [-0.1, -0.05) is 12.1 Å². The summed E-state index contributed by atoms with van der Waals surface area (Å²) >= 11 is 0. The number of ether oxygens (including phenoxy) is 2. The van der Waals surface area contributed by atoms with Gasteiger partial charge in [0.15, 0.2) is 0 Å². The van der Waals surface area contributed by atoms with Crippen LogP contribution in [0.15, 0.2) is 16.8 Å². The van der Waals surface area contributed by atoms with Crippen LogP contribution in [0.3, 0.4) is 0 Å². The van der Waals surface area contributed by atoms with Crippen LogP contribution in [-0.4, -0.2) is 53.2 Å². The molecular formula is C18H24N4O5. The molecule has 0 saturated carbocycles. The smallest absolute Gasteiger partial charge is 0.377 e. The van der Waals surface area contributed by atoms with Gasteiger partial charge in [0, 0.05) is 25.8 Å². The Morgan fingerprint density at radius 3 is 3.00 bits per heavy atom. The second kappa shape index (κ2) is 9.31. The lowest BCUT2D eigenvalue weighted by atomic mass is 10.1. The van der Waals surface area contributed by atoms with Gasteiger partial charge in [0.05, 0.1) is 29.7 Å². The summed E-state index contributed by atoms with van der Waals surface area (Å²) in [5.74, 6) is -0.622. The van der Waals surface area contributed by atoms with Crippen molar-refractivity contribution in [2.24, 2.45) is 0 Å². The minimum Gasteiger partial charge on any atom is -0.458 e. The molecule has 0 bridgehead atoms. The topological polar surface area (TPSA) is 108 Å². The number of aromatic nitrogens is 3. The van der Waals surface area contributed by atoms with E-state index in [0.29, 0.717) is 44.7 Å². The molecule has 3 heterocycles. The van der Waals surface area contributed by atoms with Crippen molar-refractivity contribution in [2.45, 2.75) is 39.2 Å². The van der Waals surface area contributed by atoms with Gasteiger partial charge in [0.25, 0.3) is 5.91 Å². The van der Waals surface area contributed by atoms with Crippen LogP contribution in [0.2, 0.25) is 0 Å². The summed E-state index contributed by atoms with van der Waals surface area (Å²) in [7, 11) is 0. The van der Waals surface area contributed by atoms with E-state index in [1.54, 1.807) is 4.68 Å². The van der Waals surface area contributed by atoms with Gasteiger partial charge >= 0.3 is 5.97 Å². The van der Waals surface area contributed by atoms with E-state index in [1.165, 1.54) is 12.3 Å². The molecule has 0 fully saturated rings. The van der Waals surface area contributed by atoms with Crippen LogP contribution in [0.4, 0.5) is 0 Å². The van der Waals surface area contributed by atoms with Crippen LogP contribution in [-0.2, 0) is 28.9 Å². The molecule has 0 saturated heterocycles. The van der Waals surface area contributed by atoms with E-state index in [2.05, 4.69) is 15.6 Å². The summed E-state index contributed by atoms with van der Waals surface area (Å²) < 4.78 is 17.3. The lowest BCUT2D eigenvalue weighted by Crippen LogP contribution is -2.26. The number of esters is 1. The predicted molar refractivity (Wildman–Crippen MR) is 94.5 cm³/mol. The first-order chi connectivity index (χ1) is 13.2. The minimum atomic E-state index is -0.575. The average molecular weight is 376 g/mol. The molecule has 0 aromatic carbocycles. The second-order valence-electron chi connectivity index (χ2n) is 6.18. The molecule has 1 N–H and O–H groups in total. The Hall–Kier alpha value is -2.68. The molecule has 2 aromatic rings. The highest BCUT2D eigenvalue weighted by Crippen LogP contribution is 2.18. The standard InChI is InChI=1S/C18H24N4O5/c1-2-13-16-14(5-3-10-25-11-4-7-19-17(16)23)22(21-13)9-12-26-18(24)15-6-8-20-27-15/h6,8H,2-5,7,9-12H2,1H3,(H,19,23). The molecule has 1 aliphatic rings. The Labute approximate surface area is 157 Å². The number of carbonyl (C=O) groups excluding carboxylic acids is 2. The number of amides is 1. The van der Waals surface area contributed by atoms with Crippen LogP contribution < -0.4 is 5.32 Å². The van der Waals surface area contributed by atoms with Crippen molar-refractivity contribution >= 4 is 11.9 Å². The molecule has 0 spiro atoms. The maximum absolute atomic E-state index is 12.7. The van der Waals surface area contributed by atoms with E-state index >= 15 is 0 Å². The normalized spacial score (nSPS) is 15.5. The fraction of sp³-hybridized carbons (Fsp3) is 0.556. The molecule has 1 amide bonds. The summed E-state index contributed by atoms with van der Waals surface area (Å²) in [6.45, 7) is 4.30. The largest absolute Gasteiger partial charge is 0.458 e. The summed E-state index contributed by atoms with van der Waals surface area (Å²) in [5.41, 5.74) is 2.25. The number of rotatable bonds is 5. The molecule has 2 aromatic heterocycles. The molecule has 3 rings (SSSR count). The van der Waals surface area contributed by atoms with Crippen molar-refractivity contribution < 1.29 is 23.6 Å². The third kappa shape index (κ3) is 4.73. The number of hydrogen-bond donors (Lipinski definition) is 1. The number of fused-ring (bicyclic) bond motifs is 1. The lowest BCUT2D eigenvalue weighted by Gasteiger charge is -2.09. The molecule has 27 heavy (non-hydrogen) atoms. The van der Waals surface area contributed by atoms with Gasteiger partial charge in [0.2, 0.25) is 5.76 Å². The van der Waals surface area contributed by atoms with Crippen molar-refractivity contribution in [1.82, 2.24) is 20.3 Å². The summed E-state index contributed by atoms with van der Waals surface area (Å²) in [4.78, 5) is 24.5. The Morgan fingerprint density at radius 2 is 2.22 bits per heavy atom. The van der Waals surface area contributed by atoms with E-state index in [0.717, 1.165) is 24.2 Å². The molecule has 0 atom stereocenters. The van der Waals surface area contributed by atoms with E-state index in [-0.39, 0.29) is 18.3 Å². The molecule has 0 unspecified atom stereocenters. The molecule has 9 nitrogen and oxygen atoms in total. The lowest BCUT2D eigenvalue weighted by molar-refractivity contribution is 0.0440. The Kier molecular flexibility index (Phi) is 6.59. The van der Waals surface area contributed by atoms with Gasteiger partial charge in [-0.05, 0) is 25.7 Å². The number of aryl methyl sites for hydroxylation is 1. The van der Waals surface area contributed by atoms with Crippen LogP contribution >= 0.6 is 0 Å². The molecule has 0 aliphatic carbocycles. The monoisotopic (exact) mass is 376 g/mol. The van der Waals surface area contributed by atoms with Crippen molar-refractivity contribution in [3.63, 3.8) is 0 Å². The fourth-order valence-corrected chi connectivity index (χ4v) is 3.03. The van der Waals surface area contributed by atoms with Gasteiger partial charge in [-0.2, -0.15) is 5.10 Å². The molecule has 146 valence electrons. The first-order valence-electron chi connectivity index (χ1n) is 9.23. The Morgan fingerprint density at radius 1 is 1.37 bits per heavy atom. The zero-order valence-corrected chi connectivity index (χ0v) is 15.4. The SMILES string of the molecule is CCc1nn(CCOC(=O)c2ccno2)c2c1C(=O)NCCCOCCC2. The third-order valence-electron chi connectivity index (χ3n) is 4.32. The van der Waals surface area contributed by atoms with Gasteiger partial charge in [-0.25, -0.2) is 4.79 Å². The molecule has 1 aliphatic heterocycles. The summed E-state index contributed by atoms with van der Waals surface area (Å²) in [6, 6.07) is 1.45. The summed E-state index contributed by atoms with van der Waals surface area (Å²) in [6.07, 6.45) is 4.29. The highest BCUT2D eigenvalue weighted by atomic mass is 16.6. The zero-order chi connectivity index (χ0) is 19.1. The first kappa shape index (κ1) is 19.1. The van der Waals surface area contributed by atoms with Crippen LogP contribution in [0.25, 0.3) is 0 Å². The number of hydrogen-bond acceptors (Lipinski definition) is 7. The van der Waals surface area contributed by atoms with E-state index in [1.807, 2.05) is 6.92 Å². The van der Waals surface area contributed by atoms with Gasteiger partial charge in [0.1, 0.15) is 6.61 Å². The Balaban J connectivity index is 1.74.